The molecule has 0 aliphatic carbocycles. The molecule has 0 atom stereocenters. The molecule has 0 unspecified atom stereocenters. The molecular weight excluding hydrogens is 225 g/mol. The summed E-state index contributed by atoms with van der Waals surface area (Å²) in [5.74, 6) is 0. The summed E-state index contributed by atoms with van der Waals surface area (Å²) in [4.78, 5) is 7.68. The van der Waals surface area contributed by atoms with Gasteiger partial charge in [-0.2, -0.15) is 0 Å². The molecule has 0 bridgehead atoms. The third-order valence-corrected chi connectivity index (χ3v) is 5.69. The van der Waals surface area contributed by atoms with E-state index >= 15 is 0 Å². The molecule has 0 heterocycles. The normalized spacial score (nSPS) is 11.4. The fraction of sp³-hybridized carbons (Fsp3) is 0.800. The van der Waals surface area contributed by atoms with Crippen molar-refractivity contribution in [3.63, 3.8) is 0 Å². The van der Waals surface area contributed by atoms with Crippen molar-refractivity contribution in [2.75, 3.05) is 0 Å². The molecule has 48 valence electrons. The van der Waals surface area contributed by atoms with Crippen molar-refractivity contribution in [2.24, 2.45) is 5.73 Å². The van der Waals surface area contributed by atoms with Crippen LogP contribution in [-0.4, -0.2) is 23.4 Å². The van der Waals surface area contributed by atoms with Crippen LogP contribution in [-0.2, 0) is 0 Å². The predicted molar refractivity (Wildman–Crippen MR) is 44.9 cm³/mol. The first-order valence-electron chi connectivity index (χ1n) is 2.70. The predicted octanol–water partition coefficient (Wildman–Crippen LogP) is 1.61. The average Bonchev–Trinajstić information content (AvgIpc) is 1.21. The van der Waals surface area contributed by atoms with Gasteiger partial charge in [0.05, 0.1) is 0 Å². The first-order chi connectivity index (χ1) is 3.42. The van der Waals surface area contributed by atoms with Gasteiger partial charge in [-0.15, -0.1) is 0 Å². The van der Waals surface area contributed by atoms with Gasteiger partial charge < -0.3 is 0 Å². The van der Waals surface area contributed by atoms with Crippen molar-refractivity contribution in [1.82, 2.24) is 0 Å². The maximum absolute atomic E-state index is 5.36. The zero-order valence-corrected chi connectivity index (χ0v) is 9.36. The van der Waals surface area contributed by atoms with Gasteiger partial charge in [-0.05, 0) is 0 Å². The van der Waals surface area contributed by atoms with Gasteiger partial charge in [0.1, 0.15) is 0 Å². The van der Waals surface area contributed by atoms with Crippen LogP contribution in [0, 0.1) is 0 Å². The van der Waals surface area contributed by atoms with E-state index in [4.69, 9.17) is 18.0 Å². The zero-order valence-electron chi connectivity index (χ0n) is 5.69. The van der Waals surface area contributed by atoms with Gasteiger partial charge in [-0.1, -0.05) is 0 Å². The second-order valence-corrected chi connectivity index (χ2v) is 19.4. The fourth-order valence-electron chi connectivity index (χ4n) is 0.523. The Kier molecular flexibility index (Phi) is 3.27. The standard InChI is InChI=1S/C2H4NS.3CH3.Sn/c1-2(3)4;;;;/h1H2,(H2,3,4);3*1H3;. The summed E-state index contributed by atoms with van der Waals surface area (Å²) in [5.41, 5.74) is 5.36. The quantitative estimate of drug-likeness (QED) is 0.584. The Bertz CT molecular complexity index is 95.1. The van der Waals surface area contributed by atoms with E-state index in [1.807, 2.05) is 0 Å². The molecule has 1 nitrogen and oxygen atoms in total. The first-order valence-corrected chi connectivity index (χ1v) is 13.7. The molecule has 0 rings (SSSR count). The molecular formula is C5H13NSSn. The van der Waals surface area contributed by atoms with Crippen LogP contribution in [0.25, 0.3) is 0 Å². The Balaban J connectivity index is 3.55. The van der Waals surface area contributed by atoms with E-state index in [1.165, 1.54) is 0 Å². The van der Waals surface area contributed by atoms with Crippen molar-refractivity contribution in [2.45, 2.75) is 19.3 Å². The van der Waals surface area contributed by atoms with Crippen molar-refractivity contribution < 1.29 is 0 Å². The van der Waals surface area contributed by atoms with E-state index in [2.05, 4.69) is 14.8 Å². The molecule has 0 aromatic heterocycles. The van der Waals surface area contributed by atoms with Crippen LogP contribution in [0.2, 0.25) is 19.3 Å². The fourth-order valence-corrected chi connectivity index (χ4v) is 6.41. The van der Waals surface area contributed by atoms with E-state index in [1.54, 1.807) is 0 Å². The molecule has 0 fully saturated rings. The molecule has 0 aliphatic rings. The second kappa shape index (κ2) is 3.01. The molecule has 0 saturated carbocycles. The van der Waals surface area contributed by atoms with Crippen LogP contribution in [0.5, 0.6) is 0 Å². The molecule has 0 aliphatic heterocycles. The molecule has 8 heavy (non-hydrogen) atoms. The third-order valence-electron chi connectivity index (χ3n) is 0.705. The second-order valence-electron chi connectivity index (χ2n) is 3.20. The maximum atomic E-state index is 5.36. The summed E-state index contributed by atoms with van der Waals surface area (Å²) in [5, 5.41) is 0. The zero-order chi connectivity index (χ0) is 6.78. The van der Waals surface area contributed by atoms with E-state index < -0.39 is 18.4 Å². The van der Waals surface area contributed by atoms with Crippen molar-refractivity contribution >= 4 is 35.6 Å². The molecule has 0 amide bonds. The summed E-state index contributed by atoms with van der Waals surface area (Å²) >= 11 is 3.15. The molecule has 0 spiro atoms. The summed E-state index contributed by atoms with van der Waals surface area (Å²) < 4.78 is 1.05. The van der Waals surface area contributed by atoms with Gasteiger partial charge in [0.2, 0.25) is 0 Å². The van der Waals surface area contributed by atoms with Gasteiger partial charge >= 0.3 is 60.6 Å². The summed E-state index contributed by atoms with van der Waals surface area (Å²) in [7, 11) is 0. The number of rotatable bonds is 2. The van der Waals surface area contributed by atoms with Gasteiger partial charge in [0.15, 0.2) is 0 Å². The molecule has 2 N–H and O–H groups in total. The van der Waals surface area contributed by atoms with Crippen LogP contribution in [0.15, 0.2) is 0 Å². The Labute approximate surface area is 60.5 Å². The summed E-state index contributed by atoms with van der Waals surface area (Å²) in [6.45, 7) is 0. The Morgan fingerprint density at radius 1 is 1.50 bits per heavy atom. The molecule has 0 aromatic rings. The molecule has 0 radical (unpaired) electrons. The average molecular weight is 238 g/mol. The van der Waals surface area contributed by atoms with Crippen molar-refractivity contribution in [3.05, 3.63) is 0 Å². The van der Waals surface area contributed by atoms with Gasteiger partial charge in [-0.25, -0.2) is 0 Å². The van der Waals surface area contributed by atoms with Crippen molar-refractivity contribution in [3.8, 4) is 0 Å². The van der Waals surface area contributed by atoms with Crippen LogP contribution in [0.4, 0.5) is 0 Å². The van der Waals surface area contributed by atoms with Crippen LogP contribution in [0.3, 0.4) is 0 Å². The van der Waals surface area contributed by atoms with Gasteiger partial charge in [-0.3, -0.25) is 0 Å². The summed E-state index contributed by atoms with van der Waals surface area (Å²) in [6, 6.07) is 0. The van der Waals surface area contributed by atoms with Crippen LogP contribution in [0.1, 0.15) is 0 Å². The van der Waals surface area contributed by atoms with E-state index in [9.17, 15) is 0 Å². The molecule has 0 aromatic carbocycles. The third kappa shape index (κ3) is 6.69. The minimum atomic E-state index is -1.62. The monoisotopic (exact) mass is 239 g/mol. The van der Waals surface area contributed by atoms with Crippen LogP contribution >= 0.6 is 12.2 Å². The van der Waals surface area contributed by atoms with E-state index in [0.29, 0.717) is 4.99 Å². The SMILES string of the molecule is [CH3][Sn]([CH3])([CH3])[CH2]C(N)=S. The Hall–Kier alpha value is 0.689. The summed E-state index contributed by atoms with van der Waals surface area (Å²) in [6.07, 6.45) is 0. The number of hydrogen-bond acceptors (Lipinski definition) is 1. The number of nitrogens with two attached hydrogens (primary N) is 1. The topological polar surface area (TPSA) is 26.0 Å². The Morgan fingerprint density at radius 3 is 1.88 bits per heavy atom. The van der Waals surface area contributed by atoms with E-state index in [0.717, 1.165) is 4.44 Å². The van der Waals surface area contributed by atoms with Gasteiger partial charge in [0, 0.05) is 0 Å². The number of hydrogen-bond donors (Lipinski definition) is 1. The molecule has 3 heteroatoms. The van der Waals surface area contributed by atoms with E-state index in [-0.39, 0.29) is 0 Å². The van der Waals surface area contributed by atoms with Gasteiger partial charge in [0.25, 0.3) is 0 Å². The number of thiocarbonyl (C=S) groups is 1. The van der Waals surface area contributed by atoms with Crippen LogP contribution < -0.4 is 5.73 Å². The first kappa shape index (κ1) is 8.69. The van der Waals surface area contributed by atoms with Crippen molar-refractivity contribution in [1.29, 1.82) is 0 Å². The minimum absolute atomic E-state index is 0.702. The molecule has 0 saturated heterocycles. The Morgan fingerprint density at radius 2 is 1.88 bits per heavy atom.